The van der Waals surface area contributed by atoms with Crippen molar-refractivity contribution in [3.8, 4) is 0 Å². The summed E-state index contributed by atoms with van der Waals surface area (Å²) in [6.07, 6.45) is 2.61. The van der Waals surface area contributed by atoms with E-state index in [9.17, 15) is 14.0 Å². The number of carbonyl (C=O) groups is 2. The SMILES string of the molecule is Nc1ccc(Cl)c(F)c1C1=CC(=O)N2C(CC[C@@H]2C(=O)O)C1. The highest BCUT2D eigenvalue weighted by atomic mass is 35.5. The number of amides is 1. The number of aliphatic carboxylic acids is 1. The molecule has 116 valence electrons. The third-order valence-electron chi connectivity index (χ3n) is 4.24. The number of rotatable bonds is 2. The van der Waals surface area contributed by atoms with Crippen LogP contribution < -0.4 is 5.73 Å². The Kier molecular flexibility index (Phi) is 3.56. The van der Waals surface area contributed by atoms with Crippen LogP contribution in [0.1, 0.15) is 24.8 Å². The van der Waals surface area contributed by atoms with Crippen molar-refractivity contribution >= 4 is 34.7 Å². The monoisotopic (exact) mass is 324 g/mol. The van der Waals surface area contributed by atoms with Gasteiger partial charge in [-0.25, -0.2) is 9.18 Å². The summed E-state index contributed by atoms with van der Waals surface area (Å²) < 4.78 is 14.3. The van der Waals surface area contributed by atoms with Gasteiger partial charge in [0.15, 0.2) is 5.82 Å². The number of nitrogens with zero attached hydrogens (tertiary/aromatic N) is 1. The number of benzene rings is 1. The predicted molar refractivity (Wildman–Crippen MR) is 79.7 cm³/mol. The Hall–Kier alpha value is -2.08. The molecule has 1 fully saturated rings. The summed E-state index contributed by atoms with van der Waals surface area (Å²) in [4.78, 5) is 24.8. The lowest BCUT2D eigenvalue weighted by Crippen LogP contribution is -2.46. The third kappa shape index (κ3) is 2.23. The lowest BCUT2D eigenvalue weighted by atomic mass is 9.92. The summed E-state index contributed by atoms with van der Waals surface area (Å²) in [7, 11) is 0. The lowest BCUT2D eigenvalue weighted by Gasteiger charge is -2.32. The second-order valence-electron chi connectivity index (χ2n) is 5.53. The molecule has 2 aliphatic rings. The molecular formula is C15H14ClFN2O3. The number of nitrogen functional groups attached to an aromatic ring is 1. The maximum atomic E-state index is 14.3. The molecule has 1 aromatic carbocycles. The highest BCUT2D eigenvalue weighted by Gasteiger charge is 2.43. The van der Waals surface area contributed by atoms with E-state index in [0.29, 0.717) is 24.8 Å². The van der Waals surface area contributed by atoms with Crippen LogP contribution in [0.2, 0.25) is 5.02 Å². The Morgan fingerprint density at radius 2 is 2.14 bits per heavy atom. The van der Waals surface area contributed by atoms with Crippen molar-refractivity contribution in [3.63, 3.8) is 0 Å². The third-order valence-corrected chi connectivity index (χ3v) is 4.54. The van der Waals surface area contributed by atoms with Crippen LogP contribution in [0.25, 0.3) is 5.57 Å². The number of hydrogen-bond acceptors (Lipinski definition) is 3. The summed E-state index contributed by atoms with van der Waals surface area (Å²) in [5, 5.41) is 9.11. The van der Waals surface area contributed by atoms with Gasteiger partial charge < -0.3 is 15.7 Å². The van der Waals surface area contributed by atoms with Crippen molar-refractivity contribution in [2.24, 2.45) is 0 Å². The first-order chi connectivity index (χ1) is 10.4. The van der Waals surface area contributed by atoms with Gasteiger partial charge in [-0.1, -0.05) is 11.6 Å². The second kappa shape index (κ2) is 5.28. The zero-order valence-electron chi connectivity index (χ0n) is 11.6. The van der Waals surface area contributed by atoms with E-state index in [1.165, 1.54) is 23.1 Å². The molecule has 0 radical (unpaired) electrons. The number of carbonyl (C=O) groups excluding carboxylic acids is 1. The maximum absolute atomic E-state index is 14.3. The predicted octanol–water partition coefficient (Wildman–Crippen LogP) is 2.29. The molecule has 0 saturated carbocycles. The molecule has 0 bridgehead atoms. The van der Waals surface area contributed by atoms with Gasteiger partial charge in [-0.15, -0.1) is 0 Å². The summed E-state index contributed by atoms with van der Waals surface area (Å²) >= 11 is 5.79. The summed E-state index contributed by atoms with van der Waals surface area (Å²) in [5.74, 6) is -2.09. The molecule has 2 atom stereocenters. The van der Waals surface area contributed by atoms with Gasteiger partial charge in [-0.2, -0.15) is 0 Å². The van der Waals surface area contributed by atoms with Gasteiger partial charge in [0.25, 0.3) is 0 Å². The number of carboxylic acid groups (broad SMARTS) is 1. The van der Waals surface area contributed by atoms with Crippen LogP contribution in [-0.4, -0.2) is 34.0 Å². The van der Waals surface area contributed by atoms with E-state index in [1.54, 1.807) is 0 Å². The Labute approximate surface area is 131 Å². The van der Waals surface area contributed by atoms with Gasteiger partial charge in [0.05, 0.1) is 5.02 Å². The van der Waals surface area contributed by atoms with Crippen LogP contribution >= 0.6 is 11.6 Å². The molecule has 0 aromatic heterocycles. The summed E-state index contributed by atoms with van der Waals surface area (Å²) in [5.41, 5.74) is 6.64. The van der Waals surface area contributed by atoms with Crippen molar-refractivity contribution in [3.05, 3.63) is 34.6 Å². The highest BCUT2D eigenvalue weighted by molar-refractivity contribution is 6.31. The van der Waals surface area contributed by atoms with E-state index in [4.69, 9.17) is 22.4 Å². The molecule has 1 amide bonds. The molecule has 2 aliphatic heterocycles. The first-order valence-corrected chi connectivity index (χ1v) is 7.27. The van der Waals surface area contributed by atoms with Crippen LogP contribution in [0, 0.1) is 5.82 Å². The summed E-state index contributed by atoms with van der Waals surface area (Å²) in [6, 6.07) is 1.80. The van der Waals surface area contributed by atoms with E-state index in [-0.39, 0.29) is 22.3 Å². The van der Waals surface area contributed by atoms with Gasteiger partial charge in [0.2, 0.25) is 5.91 Å². The van der Waals surface area contributed by atoms with Crippen molar-refractivity contribution in [2.75, 3.05) is 5.73 Å². The standard InChI is InChI=1S/C15H14ClFN2O3/c16-9-2-3-10(18)13(14(9)17)7-5-8-1-4-11(15(21)22)19(8)12(20)6-7/h2-3,6,8,11H,1,4-5,18H2,(H,21,22)/t8?,11-/m1/s1. The van der Waals surface area contributed by atoms with E-state index in [1.807, 2.05) is 0 Å². The van der Waals surface area contributed by atoms with Crippen molar-refractivity contribution in [1.82, 2.24) is 4.90 Å². The van der Waals surface area contributed by atoms with E-state index in [0.717, 1.165) is 0 Å². The summed E-state index contributed by atoms with van der Waals surface area (Å²) in [6.45, 7) is 0. The average Bonchev–Trinajstić information content (AvgIpc) is 2.88. The highest BCUT2D eigenvalue weighted by Crippen LogP contribution is 2.39. The van der Waals surface area contributed by atoms with E-state index in [2.05, 4.69) is 0 Å². The Bertz CT molecular complexity index is 704. The normalized spacial score (nSPS) is 24.2. The van der Waals surface area contributed by atoms with Crippen LogP contribution in [0.4, 0.5) is 10.1 Å². The molecule has 0 spiro atoms. The largest absolute Gasteiger partial charge is 0.480 e. The second-order valence-corrected chi connectivity index (χ2v) is 5.94. The molecule has 3 N–H and O–H groups in total. The fourth-order valence-electron chi connectivity index (χ4n) is 3.26. The van der Waals surface area contributed by atoms with Gasteiger partial charge in [-0.05, 0) is 37.0 Å². The molecule has 2 heterocycles. The van der Waals surface area contributed by atoms with Crippen LogP contribution in [0.3, 0.4) is 0 Å². The molecule has 5 nitrogen and oxygen atoms in total. The molecule has 1 aromatic rings. The first kappa shape index (κ1) is 14.8. The number of fused-ring (bicyclic) bond motifs is 1. The van der Waals surface area contributed by atoms with Crippen molar-refractivity contribution < 1.29 is 19.1 Å². The minimum absolute atomic E-state index is 0.0604. The molecule has 3 rings (SSSR count). The average molecular weight is 325 g/mol. The zero-order valence-corrected chi connectivity index (χ0v) is 12.3. The fourth-order valence-corrected chi connectivity index (χ4v) is 3.42. The Morgan fingerprint density at radius 1 is 1.41 bits per heavy atom. The van der Waals surface area contributed by atoms with Crippen molar-refractivity contribution in [1.29, 1.82) is 0 Å². The Balaban J connectivity index is 2.01. The number of hydrogen-bond donors (Lipinski definition) is 2. The molecular weight excluding hydrogens is 311 g/mol. The smallest absolute Gasteiger partial charge is 0.326 e. The van der Waals surface area contributed by atoms with E-state index >= 15 is 0 Å². The van der Waals surface area contributed by atoms with Gasteiger partial charge in [0, 0.05) is 23.4 Å². The van der Waals surface area contributed by atoms with Gasteiger partial charge >= 0.3 is 5.97 Å². The lowest BCUT2D eigenvalue weighted by molar-refractivity contribution is -0.147. The van der Waals surface area contributed by atoms with Crippen molar-refractivity contribution in [2.45, 2.75) is 31.3 Å². The minimum Gasteiger partial charge on any atom is -0.480 e. The number of halogens is 2. The maximum Gasteiger partial charge on any atom is 0.326 e. The molecule has 1 unspecified atom stereocenters. The molecule has 7 heteroatoms. The van der Waals surface area contributed by atoms with Crippen LogP contribution in [-0.2, 0) is 9.59 Å². The minimum atomic E-state index is -1.01. The fraction of sp³-hybridized carbons (Fsp3) is 0.333. The van der Waals surface area contributed by atoms with Crippen LogP contribution in [0.5, 0.6) is 0 Å². The van der Waals surface area contributed by atoms with E-state index < -0.39 is 23.7 Å². The number of carboxylic acids is 1. The van der Waals surface area contributed by atoms with Crippen LogP contribution in [0.15, 0.2) is 18.2 Å². The molecule has 0 aliphatic carbocycles. The molecule has 22 heavy (non-hydrogen) atoms. The first-order valence-electron chi connectivity index (χ1n) is 6.89. The van der Waals surface area contributed by atoms with Gasteiger partial charge in [-0.3, -0.25) is 4.79 Å². The zero-order chi connectivity index (χ0) is 16.0. The van der Waals surface area contributed by atoms with Gasteiger partial charge in [0.1, 0.15) is 6.04 Å². The molecule has 1 saturated heterocycles. The quantitative estimate of drug-likeness (QED) is 0.818. The Morgan fingerprint density at radius 3 is 2.82 bits per heavy atom. The topological polar surface area (TPSA) is 83.6 Å². The number of anilines is 1. The number of nitrogens with two attached hydrogens (primary N) is 1.